The van der Waals surface area contributed by atoms with E-state index in [1.165, 1.54) is 18.3 Å². The first-order chi connectivity index (χ1) is 11.5. The molecule has 0 aromatic heterocycles. The molecule has 0 heterocycles. The number of halogens is 1. The number of nitrogens with one attached hydrogen (secondary N) is 1. The van der Waals surface area contributed by atoms with E-state index in [4.69, 9.17) is 16.3 Å². The van der Waals surface area contributed by atoms with Crippen molar-refractivity contribution in [2.24, 2.45) is 5.10 Å². The Bertz CT molecular complexity index is 793. The number of carbonyl (C=O) groups excluding carboxylic acids is 1. The predicted octanol–water partition coefficient (Wildman–Crippen LogP) is 3.09. The van der Waals surface area contributed by atoms with Gasteiger partial charge in [0.05, 0.1) is 16.7 Å². The Morgan fingerprint density at radius 2 is 2.12 bits per heavy atom. The first-order valence-corrected chi connectivity index (χ1v) is 7.29. The van der Waals surface area contributed by atoms with Gasteiger partial charge in [0.2, 0.25) is 0 Å². The molecule has 2 aromatic carbocycles. The smallest absolute Gasteiger partial charge is 0.278 e. The highest BCUT2D eigenvalue weighted by Gasteiger charge is 2.10. The molecule has 0 saturated carbocycles. The van der Waals surface area contributed by atoms with E-state index in [1.807, 2.05) is 6.92 Å². The van der Waals surface area contributed by atoms with Crippen LogP contribution in [-0.2, 0) is 4.79 Å². The lowest BCUT2D eigenvalue weighted by Gasteiger charge is -2.06. The SMILES string of the molecule is Cc1cc(OCC(=O)NN=Cc2ccccc2[N+](=O)[O-])ccc1Cl. The van der Waals surface area contributed by atoms with Gasteiger partial charge in [0.1, 0.15) is 5.75 Å². The number of hydrazone groups is 1. The molecule has 124 valence electrons. The highest BCUT2D eigenvalue weighted by Crippen LogP contribution is 2.20. The van der Waals surface area contributed by atoms with Crippen LogP contribution in [0.3, 0.4) is 0 Å². The van der Waals surface area contributed by atoms with Crippen LogP contribution in [-0.4, -0.2) is 23.7 Å². The van der Waals surface area contributed by atoms with E-state index in [-0.39, 0.29) is 17.9 Å². The van der Waals surface area contributed by atoms with Crippen molar-refractivity contribution in [1.82, 2.24) is 5.43 Å². The Hall–Kier alpha value is -2.93. The first-order valence-electron chi connectivity index (χ1n) is 6.91. The van der Waals surface area contributed by atoms with Crippen molar-refractivity contribution in [2.75, 3.05) is 6.61 Å². The molecule has 24 heavy (non-hydrogen) atoms. The Kier molecular flexibility index (Phi) is 5.86. The number of aryl methyl sites for hydroxylation is 1. The van der Waals surface area contributed by atoms with Gasteiger partial charge in [-0.2, -0.15) is 5.10 Å². The number of nitro benzene ring substituents is 1. The molecule has 0 unspecified atom stereocenters. The zero-order valence-electron chi connectivity index (χ0n) is 12.7. The maximum atomic E-state index is 11.7. The van der Waals surface area contributed by atoms with Crippen LogP contribution < -0.4 is 10.2 Å². The van der Waals surface area contributed by atoms with Crippen LogP contribution in [0.4, 0.5) is 5.69 Å². The number of nitrogens with zero attached hydrogens (tertiary/aromatic N) is 2. The second-order valence-electron chi connectivity index (χ2n) is 4.81. The summed E-state index contributed by atoms with van der Waals surface area (Å²) in [6.07, 6.45) is 1.21. The number of ether oxygens (including phenoxy) is 1. The lowest BCUT2D eigenvalue weighted by molar-refractivity contribution is -0.385. The first kappa shape index (κ1) is 17.4. The summed E-state index contributed by atoms with van der Waals surface area (Å²) < 4.78 is 5.32. The molecule has 0 bridgehead atoms. The zero-order valence-corrected chi connectivity index (χ0v) is 13.5. The van der Waals surface area contributed by atoms with Gasteiger partial charge in [-0.1, -0.05) is 23.7 Å². The number of nitro groups is 1. The average molecular weight is 348 g/mol. The Morgan fingerprint density at radius 3 is 2.83 bits per heavy atom. The van der Waals surface area contributed by atoms with Crippen LogP contribution in [0.1, 0.15) is 11.1 Å². The quantitative estimate of drug-likeness (QED) is 0.493. The number of para-hydroxylation sites is 1. The van der Waals surface area contributed by atoms with Gasteiger partial charge in [0, 0.05) is 11.1 Å². The van der Waals surface area contributed by atoms with E-state index in [2.05, 4.69) is 10.5 Å². The third-order valence-corrected chi connectivity index (χ3v) is 3.45. The zero-order chi connectivity index (χ0) is 17.5. The fraction of sp³-hybridized carbons (Fsp3) is 0.125. The van der Waals surface area contributed by atoms with E-state index < -0.39 is 10.8 Å². The minimum atomic E-state index is -0.519. The summed E-state index contributed by atoms with van der Waals surface area (Å²) in [7, 11) is 0. The molecule has 0 radical (unpaired) electrons. The van der Waals surface area contributed by atoms with E-state index in [1.54, 1.807) is 30.3 Å². The van der Waals surface area contributed by atoms with Crippen LogP contribution in [0.2, 0.25) is 5.02 Å². The number of benzene rings is 2. The number of hydrogen-bond acceptors (Lipinski definition) is 5. The molecule has 2 rings (SSSR count). The van der Waals surface area contributed by atoms with Gasteiger partial charge >= 0.3 is 0 Å². The van der Waals surface area contributed by atoms with Crippen molar-refractivity contribution >= 4 is 29.4 Å². The van der Waals surface area contributed by atoms with Gasteiger partial charge in [-0.3, -0.25) is 14.9 Å². The minimum Gasteiger partial charge on any atom is -0.484 e. The molecule has 1 N–H and O–H groups in total. The molecule has 0 aliphatic rings. The summed E-state index contributed by atoms with van der Waals surface area (Å²) >= 11 is 5.90. The van der Waals surface area contributed by atoms with Gasteiger partial charge in [-0.05, 0) is 36.8 Å². The molecule has 8 heteroatoms. The van der Waals surface area contributed by atoms with Crippen molar-refractivity contribution in [3.63, 3.8) is 0 Å². The van der Waals surface area contributed by atoms with Gasteiger partial charge in [-0.25, -0.2) is 5.43 Å². The second kappa shape index (κ2) is 8.07. The summed E-state index contributed by atoms with van der Waals surface area (Å²) in [5.41, 5.74) is 3.28. The number of amides is 1. The molecule has 1 amide bonds. The highest BCUT2D eigenvalue weighted by atomic mass is 35.5. The van der Waals surface area contributed by atoms with Crippen LogP contribution >= 0.6 is 11.6 Å². The average Bonchev–Trinajstić information content (AvgIpc) is 2.56. The summed E-state index contributed by atoms with van der Waals surface area (Å²) in [6, 6.07) is 11.1. The second-order valence-corrected chi connectivity index (χ2v) is 5.22. The van der Waals surface area contributed by atoms with E-state index in [0.29, 0.717) is 10.8 Å². The monoisotopic (exact) mass is 347 g/mol. The molecule has 0 spiro atoms. The summed E-state index contributed by atoms with van der Waals surface area (Å²) in [4.78, 5) is 22.0. The third-order valence-electron chi connectivity index (χ3n) is 3.03. The summed E-state index contributed by atoms with van der Waals surface area (Å²) in [6.45, 7) is 1.58. The predicted molar refractivity (Wildman–Crippen MR) is 90.5 cm³/mol. The molecule has 0 atom stereocenters. The number of hydrogen-bond donors (Lipinski definition) is 1. The van der Waals surface area contributed by atoms with Crippen molar-refractivity contribution in [2.45, 2.75) is 6.92 Å². The fourth-order valence-corrected chi connectivity index (χ4v) is 1.94. The van der Waals surface area contributed by atoms with Gasteiger partial charge < -0.3 is 4.74 Å². The largest absolute Gasteiger partial charge is 0.484 e. The topological polar surface area (TPSA) is 93.8 Å². The van der Waals surface area contributed by atoms with Gasteiger partial charge in [0.25, 0.3) is 11.6 Å². The Morgan fingerprint density at radius 1 is 1.38 bits per heavy atom. The van der Waals surface area contributed by atoms with E-state index in [9.17, 15) is 14.9 Å². The number of carbonyl (C=O) groups is 1. The van der Waals surface area contributed by atoms with Crippen LogP contribution in [0.15, 0.2) is 47.6 Å². The summed E-state index contributed by atoms with van der Waals surface area (Å²) in [5, 5.41) is 15.2. The van der Waals surface area contributed by atoms with Gasteiger partial charge in [-0.15, -0.1) is 0 Å². The van der Waals surface area contributed by atoms with Gasteiger partial charge in [0.15, 0.2) is 6.61 Å². The summed E-state index contributed by atoms with van der Waals surface area (Å²) in [5.74, 6) is 0.0205. The Balaban J connectivity index is 1.89. The molecule has 0 aliphatic carbocycles. The lowest BCUT2D eigenvalue weighted by Crippen LogP contribution is -2.24. The maximum Gasteiger partial charge on any atom is 0.278 e. The lowest BCUT2D eigenvalue weighted by atomic mass is 10.2. The van der Waals surface area contributed by atoms with Crippen molar-refractivity contribution in [1.29, 1.82) is 0 Å². The molecular weight excluding hydrogens is 334 g/mol. The van der Waals surface area contributed by atoms with Crippen LogP contribution in [0, 0.1) is 17.0 Å². The Labute approximate surface area is 143 Å². The maximum absolute atomic E-state index is 11.7. The van der Waals surface area contributed by atoms with E-state index >= 15 is 0 Å². The normalized spacial score (nSPS) is 10.6. The molecule has 0 fully saturated rings. The number of rotatable bonds is 6. The van der Waals surface area contributed by atoms with E-state index in [0.717, 1.165) is 5.56 Å². The van der Waals surface area contributed by atoms with Crippen molar-refractivity contribution in [3.05, 3.63) is 68.7 Å². The molecule has 2 aromatic rings. The minimum absolute atomic E-state index is 0.0941. The molecule has 7 nitrogen and oxygen atoms in total. The van der Waals surface area contributed by atoms with Crippen molar-refractivity contribution in [3.8, 4) is 5.75 Å². The third kappa shape index (κ3) is 4.79. The standard InChI is InChI=1S/C16H14ClN3O4/c1-11-8-13(6-7-14(11)17)24-10-16(21)19-18-9-12-4-2-3-5-15(12)20(22)23/h2-9H,10H2,1H3,(H,19,21). The molecule has 0 aliphatic heterocycles. The van der Waals surface area contributed by atoms with Crippen molar-refractivity contribution < 1.29 is 14.5 Å². The molecule has 0 saturated heterocycles. The molecular formula is C16H14ClN3O4. The fourth-order valence-electron chi connectivity index (χ4n) is 1.82. The van der Waals surface area contributed by atoms with Crippen LogP contribution in [0.25, 0.3) is 0 Å². The highest BCUT2D eigenvalue weighted by molar-refractivity contribution is 6.31. The van der Waals surface area contributed by atoms with Crippen LogP contribution in [0.5, 0.6) is 5.75 Å².